The molecule has 2 heterocycles. The van der Waals surface area contributed by atoms with Gasteiger partial charge in [-0.05, 0) is 30.7 Å². The van der Waals surface area contributed by atoms with Crippen LogP contribution in [0.1, 0.15) is 42.7 Å². The van der Waals surface area contributed by atoms with Crippen LogP contribution >= 0.6 is 0 Å². The molecule has 2 aromatic heterocycles. The summed E-state index contributed by atoms with van der Waals surface area (Å²) in [5, 5.41) is 2.85. The highest BCUT2D eigenvalue weighted by Gasteiger charge is 2.11. The number of aromatic nitrogens is 4. The second-order valence-electron chi connectivity index (χ2n) is 7.88. The van der Waals surface area contributed by atoms with Gasteiger partial charge in [0.2, 0.25) is 5.95 Å². The van der Waals surface area contributed by atoms with Gasteiger partial charge in [0.05, 0.1) is 18.4 Å². The number of carbonyl (C=O) groups excluding carboxylic acids is 2. The maximum Gasteiger partial charge on any atom is 0.251 e. The van der Waals surface area contributed by atoms with Crippen LogP contribution in [0, 0.1) is 5.92 Å². The number of carbonyl (C=O) groups is 2. The monoisotopic (exact) mass is 436 g/mol. The van der Waals surface area contributed by atoms with E-state index in [0.717, 1.165) is 5.69 Å². The third kappa shape index (κ3) is 5.65. The summed E-state index contributed by atoms with van der Waals surface area (Å²) in [7, 11) is 1.91. The smallest absolute Gasteiger partial charge is 0.251 e. The van der Waals surface area contributed by atoms with Crippen molar-refractivity contribution < 1.29 is 9.59 Å². The van der Waals surface area contributed by atoms with Crippen LogP contribution in [0.15, 0.2) is 30.5 Å². The van der Waals surface area contributed by atoms with E-state index in [1.54, 1.807) is 18.3 Å². The Bertz CT molecular complexity index is 1110. The summed E-state index contributed by atoms with van der Waals surface area (Å²) in [6, 6.07) is 7.26. The number of nitrogen functional groups attached to an aromatic ring is 2. The Morgan fingerprint density at radius 1 is 1.09 bits per heavy atom. The third-order valence-corrected chi connectivity index (χ3v) is 5.00. The predicted molar refractivity (Wildman–Crippen MR) is 124 cm³/mol. The summed E-state index contributed by atoms with van der Waals surface area (Å²) in [5.41, 5.74) is 14.4. The van der Waals surface area contributed by atoms with Gasteiger partial charge in [-0.1, -0.05) is 13.8 Å². The highest BCUT2D eigenvalue weighted by molar-refractivity contribution is 5.94. The van der Waals surface area contributed by atoms with Gasteiger partial charge in [-0.25, -0.2) is 9.97 Å². The summed E-state index contributed by atoms with van der Waals surface area (Å²) >= 11 is 0. The topological polar surface area (TPSA) is 153 Å². The van der Waals surface area contributed by atoms with Crippen LogP contribution in [0.4, 0.5) is 17.5 Å². The normalized spacial score (nSPS) is 11.0. The molecule has 0 aliphatic carbocycles. The predicted octanol–water partition coefficient (Wildman–Crippen LogP) is 1.96. The third-order valence-electron chi connectivity index (χ3n) is 5.00. The minimum absolute atomic E-state index is 0.0281. The lowest BCUT2D eigenvalue weighted by Crippen LogP contribution is -2.25. The highest BCUT2D eigenvalue weighted by Crippen LogP contribution is 2.18. The van der Waals surface area contributed by atoms with E-state index >= 15 is 0 Å². The fourth-order valence-corrected chi connectivity index (χ4v) is 3.12. The zero-order valence-corrected chi connectivity index (χ0v) is 18.5. The quantitative estimate of drug-likeness (QED) is 0.427. The molecular weight excluding hydrogens is 408 g/mol. The summed E-state index contributed by atoms with van der Waals surface area (Å²) in [6.07, 6.45) is 2.74. The van der Waals surface area contributed by atoms with Gasteiger partial charge in [0.15, 0.2) is 17.0 Å². The number of hydrogen-bond donors (Lipinski definition) is 3. The Kier molecular flexibility index (Phi) is 7.14. The number of Topliss-reactive ketones (excluding diaryl/α,β-unsaturated/α-hetero) is 1. The van der Waals surface area contributed by atoms with Crippen LogP contribution in [-0.4, -0.2) is 45.2 Å². The summed E-state index contributed by atoms with van der Waals surface area (Å²) in [5.74, 6) is 0.324. The molecule has 168 valence electrons. The molecular formula is C22H28N8O2. The van der Waals surface area contributed by atoms with Crippen molar-refractivity contribution in [2.24, 2.45) is 5.92 Å². The van der Waals surface area contributed by atoms with Crippen LogP contribution in [0.25, 0.3) is 11.2 Å². The van der Waals surface area contributed by atoms with Crippen molar-refractivity contribution in [3.05, 3.63) is 41.7 Å². The van der Waals surface area contributed by atoms with Gasteiger partial charge in [0.25, 0.3) is 5.91 Å². The lowest BCUT2D eigenvalue weighted by molar-refractivity contribution is -0.121. The lowest BCUT2D eigenvalue weighted by atomic mass is 10.0. The first-order valence-electron chi connectivity index (χ1n) is 10.4. The van der Waals surface area contributed by atoms with Gasteiger partial charge in [0.1, 0.15) is 5.78 Å². The molecule has 3 aromatic rings. The zero-order valence-electron chi connectivity index (χ0n) is 18.5. The van der Waals surface area contributed by atoms with Gasteiger partial charge in [-0.15, -0.1) is 0 Å². The molecule has 0 spiro atoms. The van der Waals surface area contributed by atoms with Crippen molar-refractivity contribution in [3.8, 4) is 0 Å². The fourth-order valence-electron chi connectivity index (χ4n) is 3.12. The molecule has 0 saturated heterocycles. The molecule has 0 bridgehead atoms. The van der Waals surface area contributed by atoms with Gasteiger partial charge in [-0.2, -0.15) is 9.97 Å². The highest BCUT2D eigenvalue weighted by atomic mass is 16.1. The Hall–Kier alpha value is -3.82. The average molecular weight is 437 g/mol. The van der Waals surface area contributed by atoms with E-state index in [1.165, 1.54) is 0 Å². The Morgan fingerprint density at radius 2 is 1.81 bits per heavy atom. The first-order chi connectivity index (χ1) is 15.2. The van der Waals surface area contributed by atoms with Crippen LogP contribution in [-0.2, 0) is 11.3 Å². The maximum absolute atomic E-state index is 12.3. The number of amides is 1. The molecule has 10 heteroatoms. The molecule has 0 unspecified atom stereocenters. The fraction of sp³-hybridized carbons (Fsp3) is 0.364. The molecule has 0 atom stereocenters. The number of nitrogens with one attached hydrogen (secondary N) is 1. The lowest BCUT2D eigenvalue weighted by Gasteiger charge is -2.19. The van der Waals surface area contributed by atoms with Crippen LogP contribution < -0.4 is 21.7 Å². The van der Waals surface area contributed by atoms with E-state index in [0.29, 0.717) is 48.4 Å². The van der Waals surface area contributed by atoms with E-state index < -0.39 is 0 Å². The maximum atomic E-state index is 12.3. The Balaban J connectivity index is 1.58. The summed E-state index contributed by atoms with van der Waals surface area (Å²) in [6.45, 7) is 4.71. The van der Waals surface area contributed by atoms with E-state index in [9.17, 15) is 9.59 Å². The molecule has 3 rings (SSSR count). The second-order valence-corrected chi connectivity index (χ2v) is 7.88. The van der Waals surface area contributed by atoms with E-state index in [-0.39, 0.29) is 29.4 Å². The second kappa shape index (κ2) is 9.99. The van der Waals surface area contributed by atoms with E-state index in [1.807, 2.05) is 37.9 Å². The Labute approximate surface area is 186 Å². The number of anilines is 3. The molecule has 0 radical (unpaired) electrons. The van der Waals surface area contributed by atoms with Crippen LogP contribution in [0.5, 0.6) is 0 Å². The summed E-state index contributed by atoms with van der Waals surface area (Å²) < 4.78 is 0. The number of nitrogens with zero attached hydrogens (tertiary/aromatic N) is 5. The van der Waals surface area contributed by atoms with Gasteiger partial charge in [0, 0.05) is 37.2 Å². The minimum atomic E-state index is -0.161. The average Bonchev–Trinajstić information content (AvgIpc) is 2.76. The van der Waals surface area contributed by atoms with Crippen molar-refractivity contribution in [3.63, 3.8) is 0 Å². The molecule has 10 nitrogen and oxygen atoms in total. The molecule has 1 aromatic carbocycles. The number of hydrogen-bond acceptors (Lipinski definition) is 9. The van der Waals surface area contributed by atoms with Crippen molar-refractivity contribution in [1.29, 1.82) is 0 Å². The van der Waals surface area contributed by atoms with E-state index in [2.05, 4.69) is 25.3 Å². The summed E-state index contributed by atoms with van der Waals surface area (Å²) in [4.78, 5) is 42.6. The Morgan fingerprint density at radius 3 is 2.50 bits per heavy atom. The van der Waals surface area contributed by atoms with Gasteiger partial charge < -0.3 is 21.7 Å². The zero-order chi connectivity index (χ0) is 23.3. The van der Waals surface area contributed by atoms with E-state index in [4.69, 9.17) is 11.5 Å². The van der Waals surface area contributed by atoms with Crippen molar-refractivity contribution in [1.82, 2.24) is 25.3 Å². The first kappa shape index (κ1) is 22.9. The number of benzene rings is 1. The standard InChI is InChI=1S/C22H28N8O2/c1-13(2)17(31)5-4-10-25-21(32)14-6-8-16(9-7-14)30(3)12-15-11-26-20-18(27-15)19(23)28-22(24)29-20/h6-9,11,13H,4-5,10,12H2,1-3H3,(H,25,32)(H4,23,24,26,28,29). The molecule has 0 aliphatic rings. The van der Waals surface area contributed by atoms with Gasteiger partial charge >= 0.3 is 0 Å². The number of rotatable bonds is 9. The van der Waals surface area contributed by atoms with Crippen molar-refractivity contribution in [2.45, 2.75) is 33.2 Å². The SMILES string of the molecule is CC(C)C(=O)CCCNC(=O)c1ccc(N(C)Cc2cnc3nc(N)nc(N)c3n2)cc1. The van der Waals surface area contributed by atoms with Crippen LogP contribution in [0.3, 0.4) is 0 Å². The minimum Gasteiger partial charge on any atom is -0.382 e. The molecule has 0 saturated carbocycles. The number of ketones is 1. The van der Waals surface area contributed by atoms with Crippen LogP contribution in [0.2, 0.25) is 0 Å². The molecule has 0 fully saturated rings. The molecule has 1 amide bonds. The molecule has 32 heavy (non-hydrogen) atoms. The number of nitrogens with two attached hydrogens (primary N) is 2. The molecule has 5 N–H and O–H groups in total. The first-order valence-corrected chi connectivity index (χ1v) is 10.4. The largest absolute Gasteiger partial charge is 0.382 e. The van der Waals surface area contributed by atoms with Crippen molar-refractivity contribution >= 4 is 40.3 Å². The van der Waals surface area contributed by atoms with Crippen molar-refractivity contribution in [2.75, 3.05) is 30.0 Å². The molecule has 0 aliphatic heterocycles. The van der Waals surface area contributed by atoms with Gasteiger partial charge in [-0.3, -0.25) is 9.59 Å². The number of fused-ring (bicyclic) bond motifs is 1.